The van der Waals surface area contributed by atoms with E-state index in [1.54, 1.807) is 23.1 Å². The van der Waals surface area contributed by atoms with Crippen LogP contribution in [0.2, 0.25) is 0 Å². The largest absolute Gasteiger partial charge is 0.357 e. The molecule has 0 radical (unpaired) electrons. The molecule has 0 aromatic carbocycles. The standard InChI is InChI=1S/C12H16N4O2S2/c1-3-4-13-12(7-16(17)18)14-5-6-19-8-11-9-20-10(2)15-11/h1,9H,4-8H2,2H3,(H,13,14). The highest BCUT2D eigenvalue weighted by Crippen LogP contribution is 2.14. The molecular weight excluding hydrogens is 296 g/mol. The first kappa shape index (κ1) is 16.5. The molecular formula is C12H16N4O2S2. The van der Waals surface area contributed by atoms with Crippen molar-refractivity contribution in [3.8, 4) is 12.3 Å². The van der Waals surface area contributed by atoms with Gasteiger partial charge in [0.15, 0.2) is 5.84 Å². The van der Waals surface area contributed by atoms with Crippen LogP contribution < -0.4 is 5.32 Å². The molecule has 6 nitrogen and oxygen atoms in total. The Morgan fingerprint density at radius 2 is 2.55 bits per heavy atom. The molecule has 0 aliphatic rings. The van der Waals surface area contributed by atoms with Crippen LogP contribution in [0.5, 0.6) is 0 Å². The third kappa shape index (κ3) is 7.11. The van der Waals surface area contributed by atoms with E-state index in [9.17, 15) is 10.1 Å². The van der Waals surface area contributed by atoms with Crippen LogP contribution in [-0.4, -0.2) is 41.1 Å². The van der Waals surface area contributed by atoms with Gasteiger partial charge in [-0.3, -0.25) is 15.1 Å². The van der Waals surface area contributed by atoms with Crippen LogP contribution in [0.1, 0.15) is 10.7 Å². The molecule has 0 aliphatic carbocycles. The van der Waals surface area contributed by atoms with E-state index in [0.717, 1.165) is 22.2 Å². The van der Waals surface area contributed by atoms with E-state index in [-0.39, 0.29) is 13.1 Å². The normalized spacial score (nSPS) is 11.1. The molecule has 0 atom stereocenters. The summed E-state index contributed by atoms with van der Waals surface area (Å²) in [7, 11) is 0. The number of aromatic nitrogens is 1. The predicted octanol–water partition coefficient (Wildman–Crippen LogP) is 1.58. The molecule has 20 heavy (non-hydrogen) atoms. The Labute approximate surface area is 126 Å². The number of thioether (sulfide) groups is 1. The lowest BCUT2D eigenvalue weighted by atomic mass is 10.5. The number of amidine groups is 1. The topological polar surface area (TPSA) is 80.4 Å². The lowest BCUT2D eigenvalue weighted by molar-refractivity contribution is -0.463. The van der Waals surface area contributed by atoms with Crippen LogP contribution in [0.25, 0.3) is 0 Å². The summed E-state index contributed by atoms with van der Waals surface area (Å²) in [5.41, 5.74) is 1.07. The second-order valence-corrected chi connectivity index (χ2v) is 5.95. The highest BCUT2D eigenvalue weighted by Gasteiger charge is 2.05. The minimum atomic E-state index is -0.423. The molecule has 0 fully saturated rings. The van der Waals surface area contributed by atoms with Gasteiger partial charge in [0, 0.05) is 21.8 Å². The molecule has 0 saturated carbocycles. The van der Waals surface area contributed by atoms with Crippen LogP contribution in [0.15, 0.2) is 10.4 Å². The lowest BCUT2D eigenvalue weighted by Gasteiger charge is -2.03. The van der Waals surface area contributed by atoms with Gasteiger partial charge in [0.25, 0.3) is 6.54 Å². The van der Waals surface area contributed by atoms with Crippen molar-refractivity contribution < 1.29 is 4.92 Å². The van der Waals surface area contributed by atoms with Crippen molar-refractivity contribution in [2.45, 2.75) is 12.7 Å². The molecule has 0 bridgehead atoms. The van der Waals surface area contributed by atoms with E-state index < -0.39 is 4.92 Å². The average Bonchev–Trinajstić information content (AvgIpc) is 2.80. The van der Waals surface area contributed by atoms with Crippen LogP contribution in [0.4, 0.5) is 0 Å². The molecule has 0 spiro atoms. The van der Waals surface area contributed by atoms with Crippen molar-refractivity contribution in [1.82, 2.24) is 10.3 Å². The Morgan fingerprint density at radius 1 is 1.75 bits per heavy atom. The fourth-order valence-electron chi connectivity index (χ4n) is 1.33. The first-order valence-electron chi connectivity index (χ1n) is 5.93. The maximum absolute atomic E-state index is 10.5. The van der Waals surface area contributed by atoms with Crippen LogP contribution in [0, 0.1) is 29.4 Å². The van der Waals surface area contributed by atoms with Gasteiger partial charge >= 0.3 is 0 Å². The summed E-state index contributed by atoms with van der Waals surface area (Å²) in [6.45, 7) is 2.42. The second kappa shape index (κ2) is 9.34. The zero-order chi connectivity index (χ0) is 14.8. The third-order valence-corrected chi connectivity index (χ3v) is 3.92. The molecule has 0 amide bonds. The first-order chi connectivity index (χ1) is 9.61. The smallest absolute Gasteiger partial charge is 0.259 e. The van der Waals surface area contributed by atoms with Crippen molar-refractivity contribution in [3.05, 3.63) is 26.2 Å². The summed E-state index contributed by atoms with van der Waals surface area (Å²) in [4.78, 5) is 18.6. The van der Waals surface area contributed by atoms with Crippen molar-refractivity contribution in [1.29, 1.82) is 0 Å². The molecule has 0 aliphatic heterocycles. The molecule has 8 heteroatoms. The van der Waals surface area contributed by atoms with E-state index in [1.165, 1.54) is 0 Å². The van der Waals surface area contributed by atoms with Crippen molar-refractivity contribution >= 4 is 28.9 Å². The number of hydrogen-bond acceptors (Lipinski definition) is 6. The van der Waals surface area contributed by atoms with Gasteiger partial charge in [-0.1, -0.05) is 5.92 Å². The number of terminal acetylenes is 1. The highest BCUT2D eigenvalue weighted by atomic mass is 32.2. The zero-order valence-corrected chi connectivity index (χ0v) is 12.8. The predicted molar refractivity (Wildman–Crippen MR) is 84.0 cm³/mol. The second-order valence-electron chi connectivity index (χ2n) is 3.79. The Kier molecular flexibility index (Phi) is 7.69. The SMILES string of the molecule is C#CCNC(C[N+](=O)[O-])=NCCSCc1csc(C)n1. The fourth-order valence-corrected chi connectivity index (χ4v) is 2.77. The number of hydrogen-bond donors (Lipinski definition) is 1. The molecule has 1 N–H and O–H groups in total. The Balaban J connectivity index is 2.28. The number of thiazole rings is 1. The number of nitrogens with one attached hydrogen (secondary N) is 1. The minimum absolute atomic E-state index is 0.248. The van der Waals surface area contributed by atoms with E-state index in [4.69, 9.17) is 6.42 Å². The van der Waals surface area contributed by atoms with Gasteiger partial charge in [0.2, 0.25) is 0 Å². The van der Waals surface area contributed by atoms with E-state index in [1.807, 2.05) is 12.3 Å². The van der Waals surface area contributed by atoms with Gasteiger partial charge in [-0.05, 0) is 6.92 Å². The van der Waals surface area contributed by atoms with Gasteiger partial charge in [-0.2, -0.15) is 11.8 Å². The Bertz CT molecular complexity index is 508. The van der Waals surface area contributed by atoms with Gasteiger partial charge in [0.05, 0.1) is 23.8 Å². The maximum Gasteiger partial charge on any atom is 0.259 e. The zero-order valence-electron chi connectivity index (χ0n) is 11.2. The average molecular weight is 312 g/mol. The van der Waals surface area contributed by atoms with Crippen molar-refractivity contribution in [2.75, 3.05) is 25.4 Å². The number of nitrogens with zero attached hydrogens (tertiary/aromatic N) is 3. The quantitative estimate of drug-likeness (QED) is 0.197. The van der Waals surface area contributed by atoms with Crippen molar-refractivity contribution in [2.24, 2.45) is 4.99 Å². The van der Waals surface area contributed by atoms with E-state index in [0.29, 0.717) is 12.4 Å². The van der Waals surface area contributed by atoms with Crippen LogP contribution in [-0.2, 0) is 5.75 Å². The lowest BCUT2D eigenvalue weighted by Crippen LogP contribution is -2.31. The Morgan fingerprint density at radius 3 is 3.15 bits per heavy atom. The molecule has 1 rings (SSSR count). The van der Waals surface area contributed by atoms with Gasteiger partial charge in [0.1, 0.15) is 0 Å². The first-order valence-corrected chi connectivity index (χ1v) is 7.96. The van der Waals surface area contributed by atoms with Crippen molar-refractivity contribution in [3.63, 3.8) is 0 Å². The highest BCUT2D eigenvalue weighted by molar-refractivity contribution is 7.98. The van der Waals surface area contributed by atoms with Crippen LogP contribution >= 0.6 is 23.1 Å². The summed E-state index contributed by atoms with van der Waals surface area (Å²) in [5, 5.41) is 16.3. The maximum atomic E-state index is 10.5. The fraction of sp³-hybridized carbons (Fsp3) is 0.500. The van der Waals surface area contributed by atoms with Gasteiger partial charge in [-0.25, -0.2) is 4.98 Å². The molecule has 1 aromatic heterocycles. The molecule has 0 saturated heterocycles. The third-order valence-electron chi connectivity index (χ3n) is 2.13. The Hall–Kier alpha value is -1.59. The summed E-state index contributed by atoms with van der Waals surface area (Å²) < 4.78 is 0. The minimum Gasteiger partial charge on any atom is -0.357 e. The molecule has 1 heterocycles. The molecule has 108 valence electrons. The van der Waals surface area contributed by atoms with Gasteiger partial charge in [-0.15, -0.1) is 17.8 Å². The summed E-state index contributed by atoms with van der Waals surface area (Å²) in [5.74, 6) is 4.32. The van der Waals surface area contributed by atoms with Gasteiger partial charge < -0.3 is 5.32 Å². The molecule has 0 unspecified atom stereocenters. The number of aryl methyl sites for hydroxylation is 1. The number of aliphatic imine (C=N–C) groups is 1. The number of rotatable bonds is 8. The number of nitro groups is 1. The monoisotopic (exact) mass is 312 g/mol. The van der Waals surface area contributed by atoms with Crippen LogP contribution in [0.3, 0.4) is 0 Å². The van der Waals surface area contributed by atoms with E-state index >= 15 is 0 Å². The summed E-state index contributed by atoms with van der Waals surface area (Å²) in [6, 6.07) is 0. The van der Waals surface area contributed by atoms with E-state index in [2.05, 4.69) is 21.2 Å². The summed E-state index contributed by atoms with van der Waals surface area (Å²) in [6.07, 6.45) is 5.10. The summed E-state index contributed by atoms with van der Waals surface area (Å²) >= 11 is 3.34. The molecule has 1 aromatic rings.